The molecule has 1 heterocycles. The maximum Gasteiger partial charge on any atom is 0.126 e. The predicted molar refractivity (Wildman–Crippen MR) is 71.6 cm³/mol. The van der Waals surface area contributed by atoms with Crippen molar-refractivity contribution in [3.8, 4) is 0 Å². The molecule has 0 aliphatic carbocycles. The van der Waals surface area contributed by atoms with Crippen molar-refractivity contribution < 1.29 is 4.42 Å². The first-order valence-corrected chi connectivity index (χ1v) is 6.43. The molecule has 1 nitrogen and oxygen atoms in total. The molecule has 0 saturated heterocycles. The summed E-state index contributed by atoms with van der Waals surface area (Å²) in [6.45, 7) is 4.11. The van der Waals surface area contributed by atoms with Crippen molar-refractivity contribution in [2.45, 2.75) is 32.1 Å². The van der Waals surface area contributed by atoms with Gasteiger partial charge in [0.1, 0.15) is 16.9 Å². The standard InChI is InChI=1S/C15H17ClO/c1-3-4-12-6-8-13(9-7-12)15(16)14-10-5-11(2)17-14/h5-10,15H,3-4H2,1-2H3. The second-order valence-electron chi connectivity index (χ2n) is 4.30. The zero-order chi connectivity index (χ0) is 12.3. The minimum atomic E-state index is -0.195. The molecular weight excluding hydrogens is 232 g/mol. The van der Waals surface area contributed by atoms with E-state index in [4.69, 9.17) is 16.0 Å². The van der Waals surface area contributed by atoms with Crippen LogP contribution in [0.5, 0.6) is 0 Å². The van der Waals surface area contributed by atoms with E-state index in [1.807, 2.05) is 19.1 Å². The van der Waals surface area contributed by atoms with Crippen LogP contribution in [0.4, 0.5) is 0 Å². The molecule has 2 heteroatoms. The molecule has 0 N–H and O–H groups in total. The molecule has 0 amide bonds. The molecule has 0 fully saturated rings. The Kier molecular flexibility index (Phi) is 3.90. The highest BCUT2D eigenvalue weighted by molar-refractivity contribution is 6.22. The Morgan fingerprint density at radius 3 is 2.35 bits per heavy atom. The Balaban J connectivity index is 2.16. The van der Waals surface area contributed by atoms with Crippen LogP contribution in [0.3, 0.4) is 0 Å². The fourth-order valence-corrected chi connectivity index (χ4v) is 2.16. The lowest BCUT2D eigenvalue weighted by Gasteiger charge is -2.08. The van der Waals surface area contributed by atoms with E-state index in [9.17, 15) is 0 Å². The minimum absolute atomic E-state index is 0.195. The van der Waals surface area contributed by atoms with Crippen LogP contribution in [0, 0.1) is 6.92 Å². The third-order valence-electron chi connectivity index (χ3n) is 2.82. The van der Waals surface area contributed by atoms with Gasteiger partial charge in [-0.2, -0.15) is 0 Å². The Hall–Kier alpha value is -1.21. The van der Waals surface area contributed by atoms with Crippen LogP contribution in [0.25, 0.3) is 0 Å². The molecule has 1 unspecified atom stereocenters. The lowest BCUT2D eigenvalue weighted by molar-refractivity contribution is 0.489. The number of alkyl halides is 1. The van der Waals surface area contributed by atoms with Crippen molar-refractivity contribution >= 4 is 11.6 Å². The molecule has 0 spiro atoms. The highest BCUT2D eigenvalue weighted by Gasteiger charge is 2.13. The largest absolute Gasteiger partial charge is 0.464 e. The lowest BCUT2D eigenvalue weighted by atomic mass is 10.0. The first kappa shape index (κ1) is 12.3. The molecule has 0 radical (unpaired) electrons. The van der Waals surface area contributed by atoms with Crippen molar-refractivity contribution in [2.24, 2.45) is 0 Å². The molecule has 0 saturated carbocycles. The summed E-state index contributed by atoms with van der Waals surface area (Å²) in [7, 11) is 0. The molecule has 1 aromatic carbocycles. The van der Waals surface area contributed by atoms with Gasteiger partial charge >= 0.3 is 0 Å². The van der Waals surface area contributed by atoms with Crippen molar-refractivity contribution in [1.29, 1.82) is 0 Å². The molecule has 0 bridgehead atoms. The number of aryl methyl sites for hydroxylation is 2. The first-order valence-electron chi connectivity index (χ1n) is 6.00. The van der Waals surface area contributed by atoms with Crippen LogP contribution in [0.2, 0.25) is 0 Å². The van der Waals surface area contributed by atoms with Gasteiger partial charge in [-0.05, 0) is 36.6 Å². The smallest absolute Gasteiger partial charge is 0.126 e. The summed E-state index contributed by atoms with van der Waals surface area (Å²) in [6, 6.07) is 12.3. The van der Waals surface area contributed by atoms with Gasteiger partial charge in [0.2, 0.25) is 0 Å². The molecule has 17 heavy (non-hydrogen) atoms. The fourth-order valence-electron chi connectivity index (χ4n) is 1.90. The highest BCUT2D eigenvalue weighted by Crippen LogP contribution is 2.30. The number of furan rings is 1. The summed E-state index contributed by atoms with van der Waals surface area (Å²) in [5.74, 6) is 1.71. The van der Waals surface area contributed by atoms with Crippen molar-refractivity contribution in [1.82, 2.24) is 0 Å². The number of benzene rings is 1. The predicted octanol–water partition coefficient (Wildman–Crippen LogP) is 4.87. The van der Waals surface area contributed by atoms with Crippen LogP contribution < -0.4 is 0 Å². The van der Waals surface area contributed by atoms with Gasteiger partial charge in [0.25, 0.3) is 0 Å². The second kappa shape index (κ2) is 5.42. The number of hydrogen-bond acceptors (Lipinski definition) is 1. The average molecular weight is 249 g/mol. The van der Waals surface area contributed by atoms with Crippen LogP contribution in [0.1, 0.15) is 41.4 Å². The summed E-state index contributed by atoms with van der Waals surface area (Å²) in [5.41, 5.74) is 2.44. The van der Waals surface area contributed by atoms with Gasteiger partial charge in [-0.25, -0.2) is 0 Å². The second-order valence-corrected chi connectivity index (χ2v) is 4.74. The van der Waals surface area contributed by atoms with Gasteiger partial charge < -0.3 is 4.42 Å². The van der Waals surface area contributed by atoms with E-state index in [2.05, 4.69) is 31.2 Å². The van der Waals surface area contributed by atoms with Gasteiger partial charge in [0, 0.05) is 0 Å². The molecule has 2 aromatic rings. The van der Waals surface area contributed by atoms with Gasteiger partial charge in [0.05, 0.1) is 0 Å². The van der Waals surface area contributed by atoms with Crippen LogP contribution >= 0.6 is 11.6 Å². The quantitative estimate of drug-likeness (QED) is 0.704. The molecule has 1 aromatic heterocycles. The number of rotatable bonds is 4. The Labute approximate surface area is 107 Å². The Bertz CT molecular complexity index is 470. The van der Waals surface area contributed by atoms with Gasteiger partial charge in [-0.1, -0.05) is 37.6 Å². The van der Waals surface area contributed by atoms with E-state index in [0.29, 0.717) is 0 Å². The normalized spacial score (nSPS) is 12.6. The van der Waals surface area contributed by atoms with Gasteiger partial charge in [-0.3, -0.25) is 0 Å². The third-order valence-corrected chi connectivity index (χ3v) is 3.29. The van der Waals surface area contributed by atoms with E-state index in [1.165, 1.54) is 12.0 Å². The van der Waals surface area contributed by atoms with E-state index in [-0.39, 0.29) is 5.38 Å². The monoisotopic (exact) mass is 248 g/mol. The summed E-state index contributed by atoms with van der Waals surface area (Å²) in [5, 5.41) is -0.195. The first-order chi connectivity index (χ1) is 8.20. The van der Waals surface area contributed by atoms with Crippen molar-refractivity contribution in [2.75, 3.05) is 0 Å². The van der Waals surface area contributed by atoms with Crippen LogP contribution in [-0.2, 0) is 6.42 Å². The van der Waals surface area contributed by atoms with E-state index < -0.39 is 0 Å². The summed E-state index contributed by atoms with van der Waals surface area (Å²) < 4.78 is 5.55. The average Bonchev–Trinajstić information content (AvgIpc) is 2.76. The van der Waals surface area contributed by atoms with Crippen molar-refractivity contribution in [3.63, 3.8) is 0 Å². The van der Waals surface area contributed by atoms with E-state index >= 15 is 0 Å². The molecule has 90 valence electrons. The molecular formula is C15H17ClO. The van der Waals surface area contributed by atoms with Crippen LogP contribution in [-0.4, -0.2) is 0 Å². The summed E-state index contributed by atoms with van der Waals surface area (Å²) in [4.78, 5) is 0. The summed E-state index contributed by atoms with van der Waals surface area (Å²) in [6.07, 6.45) is 2.29. The summed E-state index contributed by atoms with van der Waals surface area (Å²) >= 11 is 6.38. The molecule has 0 aliphatic rings. The number of halogens is 1. The molecule has 0 aliphatic heterocycles. The van der Waals surface area contributed by atoms with E-state index in [0.717, 1.165) is 23.5 Å². The lowest BCUT2D eigenvalue weighted by Crippen LogP contribution is -1.92. The SMILES string of the molecule is CCCc1ccc(C(Cl)c2ccc(C)o2)cc1. The topological polar surface area (TPSA) is 13.1 Å². The van der Waals surface area contributed by atoms with Gasteiger partial charge in [-0.15, -0.1) is 11.6 Å². The highest BCUT2D eigenvalue weighted by atomic mass is 35.5. The van der Waals surface area contributed by atoms with Crippen LogP contribution in [0.15, 0.2) is 40.8 Å². The maximum atomic E-state index is 6.38. The maximum absolute atomic E-state index is 6.38. The third kappa shape index (κ3) is 2.92. The van der Waals surface area contributed by atoms with Crippen molar-refractivity contribution in [3.05, 3.63) is 59.0 Å². The Morgan fingerprint density at radius 2 is 1.82 bits per heavy atom. The molecule has 1 atom stereocenters. The van der Waals surface area contributed by atoms with Gasteiger partial charge in [0.15, 0.2) is 0 Å². The Morgan fingerprint density at radius 1 is 1.12 bits per heavy atom. The number of hydrogen-bond donors (Lipinski definition) is 0. The zero-order valence-corrected chi connectivity index (χ0v) is 11.0. The van der Waals surface area contributed by atoms with E-state index in [1.54, 1.807) is 0 Å². The molecule has 2 rings (SSSR count). The minimum Gasteiger partial charge on any atom is -0.464 e. The zero-order valence-electron chi connectivity index (χ0n) is 10.2. The fraction of sp³-hybridized carbons (Fsp3) is 0.333.